The van der Waals surface area contributed by atoms with Crippen LogP contribution >= 0.6 is 0 Å². The first kappa shape index (κ1) is 18.5. The summed E-state index contributed by atoms with van der Waals surface area (Å²) < 4.78 is 1.46. The molecule has 4 aromatic rings. The van der Waals surface area contributed by atoms with Crippen LogP contribution in [0.2, 0.25) is 0 Å². The number of carbonyl (C=O) groups excluding carboxylic acids is 2. The Labute approximate surface area is 159 Å². The van der Waals surface area contributed by atoms with Gasteiger partial charge in [-0.2, -0.15) is 14.9 Å². The number of hydrogen-bond donors (Lipinski definition) is 1. The number of fused-ring (bicyclic) bond motifs is 1. The van der Waals surface area contributed by atoms with Crippen molar-refractivity contribution < 1.29 is 9.59 Å². The molecule has 7 heteroatoms. The summed E-state index contributed by atoms with van der Waals surface area (Å²) in [7, 11) is 0. The average Bonchev–Trinajstić information content (AvgIpc) is 3.06. The molecule has 0 atom stereocenters. The molecule has 0 amide bonds. The van der Waals surface area contributed by atoms with Crippen molar-refractivity contribution in [2.75, 3.05) is 0 Å². The smallest absolute Gasteiger partial charge is 0.293 e. The number of benzene rings is 2. The highest BCUT2D eigenvalue weighted by Gasteiger charge is 2.15. The third-order valence-corrected chi connectivity index (χ3v) is 4.17. The Balaban J connectivity index is 0.000000706. The fourth-order valence-electron chi connectivity index (χ4n) is 2.96. The zero-order chi connectivity index (χ0) is 20.1. The van der Waals surface area contributed by atoms with E-state index in [2.05, 4.69) is 11.2 Å². The van der Waals surface area contributed by atoms with Gasteiger partial charge in [0.05, 0.1) is 17.3 Å². The zero-order valence-electron chi connectivity index (χ0n) is 14.8. The third kappa shape index (κ3) is 3.49. The largest absolute Gasteiger partial charge is 0.373 e. The molecule has 0 aliphatic carbocycles. The topological polar surface area (TPSA) is 108 Å². The highest BCUT2D eigenvalue weighted by molar-refractivity contribution is 5.81. The van der Waals surface area contributed by atoms with Crippen LogP contribution in [0.4, 0.5) is 0 Å². The number of H-pyrrole nitrogens is 1. The van der Waals surface area contributed by atoms with Crippen molar-refractivity contribution in [3.63, 3.8) is 0 Å². The maximum absolute atomic E-state index is 12.5. The highest BCUT2D eigenvalue weighted by atomic mass is 16.2. The lowest BCUT2D eigenvalue weighted by Crippen LogP contribution is -2.14. The molecule has 0 aliphatic heterocycles. The molecule has 0 saturated carbocycles. The minimum Gasteiger partial charge on any atom is -0.293 e. The van der Waals surface area contributed by atoms with Crippen molar-refractivity contribution in [3.05, 3.63) is 82.3 Å². The van der Waals surface area contributed by atoms with Crippen LogP contribution in [0.5, 0.6) is 0 Å². The van der Waals surface area contributed by atoms with E-state index in [1.807, 2.05) is 37.3 Å². The molecular weight excluding hydrogens is 356 g/mol. The molecule has 28 heavy (non-hydrogen) atoms. The van der Waals surface area contributed by atoms with E-state index in [1.54, 1.807) is 24.3 Å². The van der Waals surface area contributed by atoms with Crippen molar-refractivity contribution in [3.8, 4) is 28.5 Å². The van der Waals surface area contributed by atoms with E-state index in [1.165, 1.54) is 10.6 Å². The molecule has 2 heterocycles. The van der Waals surface area contributed by atoms with Crippen LogP contribution in [0.15, 0.2) is 65.5 Å². The summed E-state index contributed by atoms with van der Waals surface area (Å²) in [6.45, 7) is 1.93. The molecule has 4 rings (SSSR count). The summed E-state index contributed by atoms with van der Waals surface area (Å²) in [6.07, 6.45) is 0.250. The number of nitriles is 1. The minimum atomic E-state index is -0.172. The molecule has 136 valence electrons. The van der Waals surface area contributed by atoms with Crippen molar-refractivity contribution >= 4 is 11.8 Å². The Morgan fingerprint density at radius 3 is 2.25 bits per heavy atom. The first-order chi connectivity index (χ1) is 13.6. The molecule has 2 aromatic heterocycles. The molecule has 0 aliphatic rings. The second-order valence-electron chi connectivity index (χ2n) is 5.89. The number of aryl methyl sites for hydroxylation is 1. The highest BCUT2D eigenvalue weighted by Crippen LogP contribution is 2.27. The van der Waals surface area contributed by atoms with E-state index >= 15 is 0 Å². The standard InChI is InChI=1S/C20H14N4O.CO2/c1-13-19(16-5-3-2-4-6-16)20-22-17(11-18(25)24(20)23-13)15-9-7-14(12-21)8-10-15;2-1-3/h2-11,23H,1H3;. The number of hydrogen-bond acceptors (Lipinski definition) is 5. The van der Waals surface area contributed by atoms with Gasteiger partial charge in [0.2, 0.25) is 0 Å². The maximum Gasteiger partial charge on any atom is 0.373 e. The van der Waals surface area contributed by atoms with E-state index < -0.39 is 0 Å². The average molecular weight is 370 g/mol. The Bertz CT molecular complexity index is 1260. The number of nitrogens with zero attached hydrogens (tertiary/aromatic N) is 3. The van der Waals surface area contributed by atoms with Crippen molar-refractivity contribution in [1.82, 2.24) is 14.6 Å². The quantitative estimate of drug-likeness (QED) is 0.583. The number of aromatic amines is 1. The zero-order valence-corrected chi connectivity index (χ0v) is 14.8. The van der Waals surface area contributed by atoms with Crippen molar-refractivity contribution in [2.24, 2.45) is 0 Å². The first-order valence-electron chi connectivity index (χ1n) is 8.26. The summed E-state index contributed by atoms with van der Waals surface area (Å²) in [6, 6.07) is 20.5. The van der Waals surface area contributed by atoms with Gasteiger partial charge in [-0.05, 0) is 24.6 Å². The number of rotatable bonds is 2. The Hall–Kier alpha value is -4.27. The van der Waals surface area contributed by atoms with Gasteiger partial charge in [0.15, 0.2) is 5.65 Å². The predicted molar refractivity (Wildman–Crippen MR) is 101 cm³/mol. The van der Waals surface area contributed by atoms with E-state index in [0.29, 0.717) is 16.9 Å². The lowest BCUT2D eigenvalue weighted by molar-refractivity contribution is -0.191. The van der Waals surface area contributed by atoms with Gasteiger partial charge in [0.1, 0.15) is 0 Å². The van der Waals surface area contributed by atoms with Gasteiger partial charge in [-0.15, -0.1) is 0 Å². The van der Waals surface area contributed by atoms with Crippen LogP contribution < -0.4 is 5.56 Å². The second-order valence-corrected chi connectivity index (χ2v) is 5.89. The summed E-state index contributed by atoms with van der Waals surface area (Å²) in [5.74, 6) is 0. The molecule has 2 aromatic carbocycles. The van der Waals surface area contributed by atoms with Crippen LogP contribution in [0, 0.1) is 18.3 Å². The lowest BCUT2D eigenvalue weighted by atomic mass is 10.1. The molecule has 0 fully saturated rings. The second kappa shape index (κ2) is 7.96. The predicted octanol–water partition coefficient (Wildman–Crippen LogP) is 2.95. The fraction of sp³-hybridized carbons (Fsp3) is 0.0476. The Morgan fingerprint density at radius 1 is 1.00 bits per heavy atom. The van der Waals surface area contributed by atoms with Crippen molar-refractivity contribution in [2.45, 2.75) is 6.92 Å². The van der Waals surface area contributed by atoms with Gasteiger partial charge in [-0.3, -0.25) is 9.89 Å². The molecule has 0 unspecified atom stereocenters. The molecule has 7 nitrogen and oxygen atoms in total. The van der Waals surface area contributed by atoms with Crippen LogP contribution in [0.1, 0.15) is 11.3 Å². The van der Waals surface area contributed by atoms with Gasteiger partial charge in [-0.25, -0.2) is 9.50 Å². The fourth-order valence-corrected chi connectivity index (χ4v) is 2.96. The summed E-state index contributed by atoms with van der Waals surface area (Å²) in [4.78, 5) is 33.5. The molecule has 0 saturated heterocycles. The molecule has 0 bridgehead atoms. The van der Waals surface area contributed by atoms with Gasteiger partial charge in [-0.1, -0.05) is 42.5 Å². The lowest BCUT2D eigenvalue weighted by Gasteiger charge is -2.04. The Kier molecular flexibility index (Phi) is 5.26. The van der Waals surface area contributed by atoms with E-state index in [0.717, 1.165) is 22.4 Å². The maximum atomic E-state index is 12.5. The number of aromatic nitrogens is 3. The van der Waals surface area contributed by atoms with E-state index in [-0.39, 0.29) is 11.7 Å². The SMILES string of the molecule is Cc1[nH]n2c(=O)cc(-c3ccc(C#N)cc3)nc2c1-c1ccccc1.O=C=O. The first-order valence-corrected chi connectivity index (χ1v) is 8.26. The van der Waals surface area contributed by atoms with Gasteiger partial charge >= 0.3 is 6.15 Å². The molecule has 0 spiro atoms. The monoisotopic (exact) mass is 370 g/mol. The minimum absolute atomic E-state index is 0.172. The summed E-state index contributed by atoms with van der Waals surface area (Å²) in [5, 5.41) is 12.0. The van der Waals surface area contributed by atoms with Crippen LogP contribution in [-0.4, -0.2) is 20.7 Å². The van der Waals surface area contributed by atoms with Crippen LogP contribution in [0.25, 0.3) is 28.0 Å². The summed E-state index contributed by atoms with van der Waals surface area (Å²) >= 11 is 0. The molecule has 1 N–H and O–H groups in total. The third-order valence-electron chi connectivity index (χ3n) is 4.17. The van der Waals surface area contributed by atoms with Gasteiger partial charge in [0.25, 0.3) is 5.56 Å². The van der Waals surface area contributed by atoms with Crippen molar-refractivity contribution in [1.29, 1.82) is 5.26 Å². The van der Waals surface area contributed by atoms with Crippen LogP contribution in [0.3, 0.4) is 0 Å². The molecule has 0 radical (unpaired) electrons. The number of nitrogens with one attached hydrogen (secondary N) is 1. The van der Waals surface area contributed by atoms with Crippen LogP contribution in [-0.2, 0) is 9.59 Å². The van der Waals surface area contributed by atoms with Gasteiger partial charge in [0, 0.05) is 22.9 Å². The normalized spacial score (nSPS) is 9.86. The van der Waals surface area contributed by atoms with E-state index in [9.17, 15) is 4.79 Å². The molecular formula is C21H14N4O3. The Morgan fingerprint density at radius 2 is 1.64 bits per heavy atom. The summed E-state index contributed by atoms with van der Waals surface area (Å²) in [5.41, 5.74) is 5.18. The van der Waals surface area contributed by atoms with E-state index in [4.69, 9.17) is 19.8 Å². The van der Waals surface area contributed by atoms with Gasteiger partial charge < -0.3 is 0 Å².